The van der Waals surface area contributed by atoms with Crippen LogP contribution in [-0.4, -0.2) is 29.5 Å². The van der Waals surface area contributed by atoms with Crippen molar-refractivity contribution in [3.05, 3.63) is 29.8 Å². The monoisotopic (exact) mass is 211 g/mol. The van der Waals surface area contributed by atoms with E-state index in [9.17, 15) is 4.39 Å². The molecule has 1 aromatic rings. The van der Waals surface area contributed by atoms with Crippen molar-refractivity contribution in [2.24, 2.45) is 5.73 Å². The molecule has 0 aliphatic heterocycles. The van der Waals surface area contributed by atoms with E-state index in [4.69, 9.17) is 5.73 Å². The molecule has 15 heavy (non-hydrogen) atoms. The van der Waals surface area contributed by atoms with Gasteiger partial charge in [0.15, 0.2) is 0 Å². The minimum absolute atomic E-state index is 0.177. The quantitative estimate of drug-likeness (QED) is 0.752. The molecule has 0 spiro atoms. The highest BCUT2D eigenvalue weighted by atomic mass is 19.1. The Balaban J connectivity index is 2.77. The lowest BCUT2D eigenvalue weighted by Crippen LogP contribution is -2.31. The van der Waals surface area contributed by atoms with Gasteiger partial charge in [-0.05, 0) is 31.2 Å². The first-order chi connectivity index (χ1) is 7.19. The predicted molar refractivity (Wildman–Crippen MR) is 58.9 cm³/mol. The summed E-state index contributed by atoms with van der Waals surface area (Å²) in [5.41, 5.74) is 6.47. The van der Waals surface area contributed by atoms with E-state index >= 15 is 0 Å². The lowest BCUT2D eigenvalue weighted by molar-refractivity contribution is 0.228. The molecule has 1 heterocycles. The maximum Gasteiger partial charge on any atom is 0.213 e. The van der Waals surface area contributed by atoms with Crippen molar-refractivity contribution in [3.63, 3.8) is 0 Å². The normalized spacial score (nSPS) is 13.1. The Morgan fingerprint density at radius 3 is 2.87 bits per heavy atom. The van der Waals surface area contributed by atoms with Crippen LogP contribution >= 0.6 is 0 Å². The fraction of sp³-hybridized carbons (Fsp3) is 0.545. The van der Waals surface area contributed by atoms with Crippen LogP contribution in [0, 0.1) is 5.95 Å². The van der Waals surface area contributed by atoms with E-state index in [1.165, 1.54) is 12.3 Å². The summed E-state index contributed by atoms with van der Waals surface area (Å²) in [6, 6.07) is 3.49. The van der Waals surface area contributed by atoms with Crippen molar-refractivity contribution in [2.75, 3.05) is 19.6 Å². The molecule has 0 bridgehead atoms. The van der Waals surface area contributed by atoms with Crippen LogP contribution in [-0.2, 0) is 0 Å². The minimum atomic E-state index is -0.428. The molecule has 0 radical (unpaired) electrons. The first-order valence-electron chi connectivity index (χ1n) is 5.24. The second kappa shape index (κ2) is 5.78. The first-order valence-corrected chi connectivity index (χ1v) is 5.24. The van der Waals surface area contributed by atoms with Crippen molar-refractivity contribution in [1.82, 2.24) is 9.88 Å². The molecule has 2 N–H and O–H groups in total. The van der Waals surface area contributed by atoms with Gasteiger partial charge in [-0.2, -0.15) is 4.39 Å². The molecule has 0 saturated carbocycles. The molecule has 0 aliphatic rings. The SMILES string of the molecule is CCN(CCN)C(C)c1ccnc(F)c1. The van der Waals surface area contributed by atoms with E-state index in [0.29, 0.717) is 6.54 Å². The summed E-state index contributed by atoms with van der Waals surface area (Å²) in [7, 11) is 0. The third-order valence-corrected chi connectivity index (χ3v) is 2.60. The molecule has 1 aromatic heterocycles. The predicted octanol–water partition coefficient (Wildman–Crippen LogP) is 1.56. The molecule has 0 fully saturated rings. The zero-order valence-electron chi connectivity index (χ0n) is 9.28. The molecule has 0 saturated heterocycles. The van der Waals surface area contributed by atoms with Crippen LogP contribution in [0.15, 0.2) is 18.3 Å². The molecule has 0 aliphatic carbocycles. The maximum absolute atomic E-state index is 12.9. The minimum Gasteiger partial charge on any atom is -0.329 e. The highest BCUT2D eigenvalue weighted by Crippen LogP contribution is 2.19. The van der Waals surface area contributed by atoms with Gasteiger partial charge in [-0.3, -0.25) is 4.90 Å². The van der Waals surface area contributed by atoms with Crippen LogP contribution in [0.5, 0.6) is 0 Å². The highest BCUT2D eigenvalue weighted by Gasteiger charge is 2.13. The molecule has 3 nitrogen and oxygen atoms in total. The largest absolute Gasteiger partial charge is 0.329 e. The summed E-state index contributed by atoms with van der Waals surface area (Å²) in [6.07, 6.45) is 1.50. The van der Waals surface area contributed by atoms with E-state index in [0.717, 1.165) is 18.7 Å². The van der Waals surface area contributed by atoms with Gasteiger partial charge in [0.05, 0.1) is 0 Å². The zero-order chi connectivity index (χ0) is 11.3. The number of pyridine rings is 1. The van der Waals surface area contributed by atoms with Gasteiger partial charge in [-0.25, -0.2) is 4.98 Å². The van der Waals surface area contributed by atoms with Gasteiger partial charge >= 0.3 is 0 Å². The van der Waals surface area contributed by atoms with Gasteiger partial charge in [0, 0.05) is 25.3 Å². The van der Waals surface area contributed by atoms with Gasteiger partial charge in [-0.1, -0.05) is 6.92 Å². The summed E-state index contributed by atoms with van der Waals surface area (Å²) in [4.78, 5) is 5.75. The summed E-state index contributed by atoms with van der Waals surface area (Å²) < 4.78 is 12.9. The van der Waals surface area contributed by atoms with Crippen molar-refractivity contribution >= 4 is 0 Å². The van der Waals surface area contributed by atoms with Crippen LogP contribution in [0.3, 0.4) is 0 Å². The van der Waals surface area contributed by atoms with Gasteiger partial charge in [-0.15, -0.1) is 0 Å². The molecule has 0 aromatic carbocycles. The van der Waals surface area contributed by atoms with E-state index in [1.54, 1.807) is 0 Å². The average Bonchev–Trinajstić information content (AvgIpc) is 2.25. The average molecular weight is 211 g/mol. The summed E-state index contributed by atoms with van der Waals surface area (Å²) in [6.45, 7) is 6.47. The standard InChI is InChI=1S/C11H18FN3/c1-3-15(7-5-13)9(2)10-4-6-14-11(12)8-10/h4,6,8-9H,3,5,7,13H2,1-2H3. The Hall–Kier alpha value is -1.00. The van der Waals surface area contributed by atoms with Gasteiger partial charge in [0.2, 0.25) is 5.95 Å². The van der Waals surface area contributed by atoms with E-state index in [2.05, 4.69) is 16.8 Å². The second-order valence-electron chi connectivity index (χ2n) is 3.51. The first kappa shape index (κ1) is 12.1. The zero-order valence-corrected chi connectivity index (χ0v) is 9.28. The third kappa shape index (κ3) is 3.25. The van der Waals surface area contributed by atoms with Crippen LogP contribution < -0.4 is 5.73 Å². The second-order valence-corrected chi connectivity index (χ2v) is 3.51. The maximum atomic E-state index is 12.9. The molecular formula is C11H18FN3. The van der Waals surface area contributed by atoms with Crippen LogP contribution in [0.1, 0.15) is 25.5 Å². The fourth-order valence-corrected chi connectivity index (χ4v) is 1.68. The topological polar surface area (TPSA) is 42.1 Å². The van der Waals surface area contributed by atoms with Crippen LogP contribution in [0.2, 0.25) is 0 Å². The number of nitrogens with two attached hydrogens (primary N) is 1. The Morgan fingerprint density at radius 1 is 1.60 bits per heavy atom. The molecule has 84 valence electrons. The number of nitrogens with zero attached hydrogens (tertiary/aromatic N) is 2. The van der Waals surface area contributed by atoms with Crippen LogP contribution in [0.25, 0.3) is 0 Å². The molecule has 1 rings (SSSR count). The fourth-order valence-electron chi connectivity index (χ4n) is 1.68. The van der Waals surface area contributed by atoms with E-state index in [-0.39, 0.29) is 6.04 Å². The molecule has 4 heteroatoms. The Kier molecular flexibility index (Phi) is 4.65. The van der Waals surface area contributed by atoms with Gasteiger partial charge in [0.25, 0.3) is 0 Å². The molecule has 1 atom stereocenters. The molecule has 0 amide bonds. The Morgan fingerprint density at radius 2 is 2.33 bits per heavy atom. The Labute approximate surface area is 90.1 Å². The number of aromatic nitrogens is 1. The van der Waals surface area contributed by atoms with Crippen molar-refractivity contribution in [3.8, 4) is 0 Å². The van der Waals surface area contributed by atoms with E-state index < -0.39 is 5.95 Å². The lowest BCUT2D eigenvalue weighted by Gasteiger charge is -2.27. The third-order valence-electron chi connectivity index (χ3n) is 2.60. The highest BCUT2D eigenvalue weighted by molar-refractivity contribution is 5.15. The number of hydrogen-bond acceptors (Lipinski definition) is 3. The number of rotatable bonds is 5. The van der Waals surface area contributed by atoms with Crippen molar-refractivity contribution in [1.29, 1.82) is 0 Å². The number of halogens is 1. The van der Waals surface area contributed by atoms with Crippen molar-refractivity contribution < 1.29 is 4.39 Å². The summed E-state index contributed by atoms with van der Waals surface area (Å²) >= 11 is 0. The van der Waals surface area contributed by atoms with E-state index in [1.807, 2.05) is 13.0 Å². The number of hydrogen-bond donors (Lipinski definition) is 1. The summed E-state index contributed by atoms with van der Waals surface area (Å²) in [5.74, 6) is -0.428. The van der Waals surface area contributed by atoms with Crippen LogP contribution in [0.4, 0.5) is 4.39 Å². The Bertz CT molecular complexity index is 304. The molecular weight excluding hydrogens is 193 g/mol. The number of likely N-dealkylation sites (N-methyl/N-ethyl adjacent to an activating group) is 1. The molecule has 1 unspecified atom stereocenters. The van der Waals surface area contributed by atoms with Crippen molar-refractivity contribution in [2.45, 2.75) is 19.9 Å². The lowest BCUT2D eigenvalue weighted by atomic mass is 10.1. The summed E-state index contributed by atoms with van der Waals surface area (Å²) in [5, 5.41) is 0. The smallest absolute Gasteiger partial charge is 0.213 e. The van der Waals surface area contributed by atoms with Gasteiger partial charge in [0.1, 0.15) is 0 Å². The van der Waals surface area contributed by atoms with Gasteiger partial charge < -0.3 is 5.73 Å².